The maximum atomic E-state index is 12.4. The molecule has 0 spiro atoms. The van der Waals surface area contributed by atoms with Crippen LogP contribution in [0.1, 0.15) is 30.5 Å². The van der Waals surface area contributed by atoms with Crippen LogP contribution in [0.25, 0.3) is 0 Å². The second kappa shape index (κ2) is 5.80. The van der Waals surface area contributed by atoms with E-state index in [0.29, 0.717) is 17.0 Å². The summed E-state index contributed by atoms with van der Waals surface area (Å²) in [6.45, 7) is 5.50. The number of rotatable bonds is 5. The van der Waals surface area contributed by atoms with E-state index in [1.54, 1.807) is 6.92 Å². The van der Waals surface area contributed by atoms with E-state index >= 15 is 0 Å². The Morgan fingerprint density at radius 2 is 2.05 bits per heavy atom. The summed E-state index contributed by atoms with van der Waals surface area (Å²) in [6, 6.07) is 3.50. The minimum Gasteiger partial charge on any atom is -0.315 e. The first-order chi connectivity index (χ1) is 9.31. The van der Waals surface area contributed by atoms with Gasteiger partial charge in [-0.15, -0.1) is 11.3 Å². The molecule has 2 aromatic heterocycles. The van der Waals surface area contributed by atoms with E-state index in [1.165, 1.54) is 11.3 Å². The number of aryl methyl sites for hydroxylation is 1. The molecule has 2 rings (SSSR count). The third-order valence-electron chi connectivity index (χ3n) is 2.82. The van der Waals surface area contributed by atoms with Crippen molar-refractivity contribution in [3.05, 3.63) is 37.8 Å². The molecule has 2 aromatic rings. The molecule has 0 radical (unpaired) electrons. The highest BCUT2D eigenvalue weighted by molar-refractivity contribution is 7.91. The van der Waals surface area contributed by atoms with Gasteiger partial charge in [0.15, 0.2) is 4.21 Å². The van der Waals surface area contributed by atoms with Gasteiger partial charge >= 0.3 is 4.87 Å². The fourth-order valence-corrected chi connectivity index (χ4v) is 5.56. The van der Waals surface area contributed by atoms with E-state index in [0.717, 1.165) is 4.88 Å². The summed E-state index contributed by atoms with van der Waals surface area (Å²) in [6.07, 6.45) is 0. The topological polar surface area (TPSA) is 79.0 Å². The zero-order valence-corrected chi connectivity index (χ0v) is 13.8. The number of hydrogen-bond donors (Lipinski definition) is 2. The minimum atomic E-state index is -3.70. The predicted molar refractivity (Wildman–Crippen MR) is 81.9 cm³/mol. The molecule has 0 saturated heterocycles. The third-order valence-corrected chi connectivity index (χ3v) is 6.82. The Morgan fingerprint density at radius 1 is 1.35 bits per heavy atom. The van der Waals surface area contributed by atoms with Crippen molar-refractivity contribution in [2.75, 3.05) is 0 Å². The van der Waals surface area contributed by atoms with Gasteiger partial charge in [0.1, 0.15) is 0 Å². The highest BCUT2D eigenvalue weighted by Crippen LogP contribution is 2.28. The lowest BCUT2D eigenvalue weighted by atomic mass is 10.0. The van der Waals surface area contributed by atoms with Crippen molar-refractivity contribution < 1.29 is 8.42 Å². The van der Waals surface area contributed by atoms with Crippen LogP contribution in [0.2, 0.25) is 0 Å². The fraction of sp³-hybridized carbons (Fsp3) is 0.417. The Hall–Kier alpha value is -0.960. The summed E-state index contributed by atoms with van der Waals surface area (Å²) in [7, 11) is -3.70. The van der Waals surface area contributed by atoms with Crippen LogP contribution in [0.4, 0.5) is 0 Å². The molecular weight excluding hydrogens is 316 g/mol. The van der Waals surface area contributed by atoms with Crippen LogP contribution < -0.4 is 9.60 Å². The molecule has 110 valence electrons. The molecule has 0 fully saturated rings. The summed E-state index contributed by atoms with van der Waals surface area (Å²) >= 11 is 2.23. The zero-order valence-electron chi connectivity index (χ0n) is 11.3. The van der Waals surface area contributed by atoms with Gasteiger partial charge in [-0.2, -0.15) is 0 Å². The number of sulfonamides is 1. The van der Waals surface area contributed by atoms with Gasteiger partial charge in [-0.25, -0.2) is 13.1 Å². The van der Waals surface area contributed by atoms with Crippen LogP contribution in [0.15, 0.2) is 26.5 Å². The minimum absolute atomic E-state index is 0.0599. The normalized spacial score (nSPS) is 13.8. The Labute approximate surface area is 125 Å². The van der Waals surface area contributed by atoms with Gasteiger partial charge in [0.05, 0.1) is 6.04 Å². The molecule has 0 bridgehead atoms. The summed E-state index contributed by atoms with van der Waals surface area (Å²) in [5.41, 5.74) is 0.376. The second-order valence-corrected chi connectivity index (χ2v) is 8.66. The maximum absolute atomic E-state index is 12.4. The summed E-state index contributed by atoms with van der Waals surface area (Å²) in [5.74, 6) is 0.111. The number of hydrogen-bond acceptors (Lipinski definition) is 5. The molecule has 0 aliphatic carbocycles. The van der Waals surface area contributed by atoms with Crippen molar-refractivity contribution in [2.24, 2.45) is 5.92 Å². The highest BCUT2D eigenvalue weighted by Gasteiger charge is 2.27. The standard InChI is InChI=1S/C12H16N2O3S3/c1-7(2)10(9-5-4-6-18-9)14-20(16,17)11-8(3)13-12(15)19-11/h4-7,10,14H,1-3H3,(H,13,15). The number of aromatic amines is 1. The van der Waals surface area contributed by atoms with Crippen LogP contribution in [0.5, 0.6) is 0 Å². The van der Waals surface area contributed by atoms with E-state index in [4.69, 9.17) is 0 Å². The van der Waals surface area contributed by atoms with E-state index in [-0.39, 0.29) is 21.0 Å². The predicted octanol–water partition coefficient (Wildman–Crippen LogP) is 2.48. The summed E-state index contributed by atoms with van der Waals surface area (Å²) in [4.78, 5) is 14.4. The number of thiophene rings is 1. The van der Waals surface area contributed by atoms with Gasteiger partial charge in [-0.05, 0) is 24.3 Å². The molecule has 5 nitrogen and oxygen atoms in total. The number of aromatic nitrogens is 1. The molecule has 8 heteroatoms. The van der Waals surface area contributed by atoms with Crippen LogP contribution >= 0.6 is 22.7 Å². The first kappa shape index (κ1) is 15.4. The Morgan fingerprint density at radius 3 is 2.50 bits per heavy atom. The van der Waals surface area contributed by atoms with Crippen LogP contribution in [0, 0.1) is 12.8 Å². The van der Waals surface area contributed by atoms with Gasteiger partial charge in [-0.1, -0.05) is 31.3 Å². The van der Waals surface area contributed by atoms with E-state index in [9.17, 15) is 13.2 Å². The first-order valence-electron chi connectivity index (χ1n) is 6.06. The number of thiazole rings is 1. The monoisotopic (exact) mass is 332 g/mol. The van der Waals surface area contributed by atoms with Crippen LogP contribution in [-0.4, -0.2) is 13.4 Å². The molecule has 0 saturated carbocycles. The zero-order chi connectivity index (χ0) is 14.9. The molecule has 2 heterocycles. The van der Waals surface area contributed by atoms with Crippen LogP contribution in [0.3, 0.4) is 0 Å². The highest BCUT2D eigenvalue weighted by atomic mass is 32.2. The number of H-pyrrole nitrogens is 1. The van der Waals surface area contributed by atoms with E-state index < -0.39 is 10.0 Å². The molecule has 0 aliphatic heterocycles. The van der Waals surface area contributed by atoms with Crippen molar-refractivity contribution in [1.29, 1.82) is 0 Å². The Balaban J connectivity index is 2.35. The van der Waals surface area contributed by atoms with Crippen molar-refractivity contribution in [3.63, 3.8) is 0 Å². The lowest BCUT2D eigenvalue weighted by Crippen LogP contribution is -2.31. The van der Waals surface area contributed by atoms with Crippen molar-refractivity contribution in [1.82, 2.24) is 9.71 Å². The van der Waals surface area contributed by atoms with Crippen LogP contribution in [-0.2, 0) is 10.0 Å². The van der Waals surface area contributed by atoms with Crippen molar-refractivity contribution in [3.8, 4) is 0 Å². The third kappa shape index (κ3) is 3.20. The molecule has 2 N–H and O–H groups in total. The van der Waals surface area contributed by atoms with Gasteiger partial charge in [-0.3, -0.25) is 4.79 Å². The average Bonchev–Trinajstić information content (AvgIpc) is 2.95. The van der Waals surface area contributed by atoms with E-state index in [1.807, 2.05) is 31.4 Å². The second-order valence-electron chi connectivity index (χ2n) is 4.79. The molecule has 1 atom stereocenters. The molecule has 0 aromatic carbocycles. The molecular formula is C12H16N2O3S3. The van der Waals surface area contributed by atoms with Crippen molar-refractivity contribution >= 4 is 32.7 Å². The average molecular weight is 332 g/mol. The lowest BCUT2D eigenvalue weighted by Gasteiger charge is -2.20. The van der Waals surface area contributed by atoms with Crippen molar-refractivity contribution in [2.45, 2.75) is 31.0 Å². The van der Waals surface area contributed by atoms with Gasteiger partial charge in [0, 0.05) is 10.6 Å². The molecule has 1 unspecified atom stereocenters. The van der Waals surface area contributed by atoms with Gasteiger partial charge < -0.3 is 4.98 Å². The summed E-state index contributed by atoms with van der Waals surface area (Å²) < 4.78 is 27.6. The molecule has 0 aliphatic rings. The number of nitrogens with one attached hydrogen (secondary N) is 2. The Bertz CT molecular complexity index is 726. The smallest absolute Gasteiger partial charge is 0.305 e. The first-order valence-corrected chi connectivity index (χ1v) is 9.24. The largest absolute Gasteiger partial charge is 0.315 e. The SMILES string of the molecule is Cc1[nH]c(=O)sc1S(=O)(=O)NC(c1cccs1)C(C)C. The van der Waals surface area contributed by atoms with Gasteiger partial charge in [0.25, 0.3) is 10.0 Å². The van der Waals surface area contributed by atoms with E-state index in [2.05, 4.69) is 9.71 Å². The molecule has 0 amide bonds. The fourth-order valence-electron chi connectivity index (χ4n) is 1.86. The lowest BCUT2D eigenvalue weighted by molar-refractivity contribution is 0.469. The molecule has 20 heavy (non-hydrogen) atoms. The maximum Gasteiger partial charge on any atom is 0.305 e. The quantitative estimate of drug-likeness (QED) is 0.883. The van der Waals surface area contributed by atoms with Gasteiger partial charge in [0.2, 0.25) is 0 Å². The Kier molecular flexibility index (Phi) is 4.48. The summed E-state index contributed by atoms with van der Waals surface area (Å²) in [5, 5.41) is 1.92.